The molecule has 2 rings (SSSR count). The van der Waals surface area contributed by atoms with Crippen LogP contribution < -0.4 is 5.32 Å². The Morgan fingerprint density at radius 1 is 1.33 bits per heavy atom. The minimum atomic E-state index is -0.942. The zero-order valence-electron chi connectivity index (χ0n) is 12.1. The van der Waals surface area contributed by atoms with Gasteiger partial charge in [0, 0.05) is 25.1 Å². The van der Waals surface area contributed by atoms with Gasteiger partial charge in [0.2, 0.25) is 0 Å². The molecule has 21 heavy (non-hydrogen) atoms. The molecule has 0 spiro atoms. The molecule has 5 heteroatoms. The quantitative estimate of drug-likeness (QED) is 0.730. The topological polar surface area (TPSA) is 71.5 Å². The molecule has 0 fully saturated rings. The third kappa shape index (κ3) is 4.16. The molecule has 1 aromatic carbocycles. The normalized spacial score (nSPS) is 10.7. The van der Waals surface area contributed by atoms with Gasteiger partial charge in [0.05, 0.1) is 11.1 Å². The second kappa shape index (κ2) is 7.59. The molecule has 5 nitrogen and oxygen atoms in total. The van der Waals surface area contributed by atoms with Gasteiger partial charge in [0.15, 0.2) is 0 Å². The number of fused-ring (bicyclic) bond motifs is 1. The zero-order valence-corrected chi connectivity index (χ0v) is 12.1. The van der Waals surface area contributed by atoms with Crippen LogP contribution in [0.4, 0.5) is 5.82 Å². The van der Waals surface area contributed by atoms with E-state index in [9.17, 15) is 9.90 Å². The van der Waals surface area contributed by atoms with Crippen molar-refractivity contribution in [2.75, 3.05) is 25.1 Å². The Bertz CT molecular complexity index is 613. The lowest BCUT2D eigenvalue weighted by molar-refractivity contribution is 0.0699. The first-order valence-electron chi connectivity index (χ1n) is 7.17. The summed E-state index contributed by atoms with van der Waals surface area (Å²) >= 11 is 0. The Morgan fingerprint density at radius 3 is 2.90 bits per heavy atom. The van der Waals surface area contributed by atoms with Crippen LogP contribution in [0.1, 0.15) is 30.1 Å². The zero-order chi connectivity index (χ0) is 15.1. The Labute approximate surface area is 124 Å². The smallest absolute Gasteiger partial charge is 0.336 e. The van der Waals surface area contributed by atoms with Crippen LogP contribution in [0.5, 0.6) is 0 Å². The number of aromatic carboxylic acids is 1. The van der Waals surface area contributed by atoms with Crippen LogP contribution >= 0.6 is 0 Å². The molecule has 1 heterocycles. The maximum atomic E-state index is 11.3. The van der Waals surface area contributed by atoms with E-state index in [0.717, 1.165) is 19.4 Å². The number of carboxylic acids is 1. The van der Waals surface area contributed by atoms with Gasteiger partial charge in [-0.2, -0.15) is 0 Å². The molecule has 1 aromatic heterocycles. The number of pyridine rings is 1. The standard InChI is InChI=1S/C16H20N2O3/c1-2-9-21-10-5-8-17-15-11-13(16(19)20)12-6-3-4-7-14(12)18-15/h3-4,6-7,11H,2,5,8-10H2,1H3,(H,17,18)(H,19,20). The van der Waals surface area contributed by atoms with Crippen molar-refractivity contribution in [1.82, 2.24) is 4.98 Å². The lowest BCUT2D eigenvalue weighted by Crippen LogP contribution is -2.09. The Kier molecular flexibility index (Phi) is 5.51. The van der Waals surface area contributed by atoms with Gasteiger partial charge < -0.3 is 15.2 Å². The average molecular weight is 288 g/mol. The van der Waals surface area contributed by atoms with Crippen molar-refractivity contribution in [3.05, 3.63) is 35.9 Å². The van der Waals surface area contributed by atoms with Crippen molar-refractivity contribution in [1.29, 1.82) is 0 Å². The van der Waals surface area contributed by atoms with Gasteiger partial charge in [0.1, 0.15) is 5.82 Å². The van der Waals surface area contributed by atoms with Gasteiger partial charge in [-0.15, -0.1) is 0 Å². The van der Waals surface area contributed by atoms with Crippen molar-refractivity contribution >= 4 is 22.7 Å². The summed E-state index contributed by atoms with van der Waals surface area (Å²) in [5.74, 6) is -0.357. The SMILES string of the molecule is CCCOCCCNc1cc(C(=O)O)c2ccccc2n1. The van der Waals surface area contributed by atoms with Crippen LogP contribution in [0.15, 0.2) is 30.3 Å². The average Bonchev–Trinajstić information content (AvgIpc) is 2.49. The molecule has 112 valence electrons. The second-order valence-corrected chi connectivity index (χ2v) is 4.77. The van der Waals surface area contributed by atoms with Crippen LogP contribution in [0, 0.1) is 0 Å². The number of rotatable bonds is 8. The first-order chi connectivity index (χ1) is 10.2. The highest BCUT2D eigenvalue weighted by Crippen LogP contribution is 2.20. The molecule has 0 aliphatic heterocycles. The monoisotopic (exact) mass is 288 g/mol. The molecule has 0 radical (unpaired) electrons. The molecule has 0 saturated carbocycles. The summed E-state index contributed by atoms with van der Waals surface area (Å²) in [5, 5.41) is 13.1. The van der Waals surface area contributed by atoms with E-state index in [4.69, 9.17) is 4.74 Å². The third-order valence-corrected chi connectivity index (χ3v) is 3.07. The minimum Gasteiger partial charge on any atom is -0.478 e. The summed E-state index contributed by atoms with van der Waals surface area (Å²) in [7, 11) is 0. The Balaban J connectivity index is 2.05. The highest BCUT2D eigenvalue weighted by atomic mass is 16.5. The fourth-order valence-electron chi connectivity index (χ4n) is 2.08. The predicted molar refractivity (Wildman–Crippen MR) is 82.9 cm³/mol. The predicted octanol–water partition coefficient (Wildman–Crippen LogP) is 3.16. The van der Waals surface area contributed by atoms with E-state index < -0.39 is 5.97 Å². The molecular weight excluding hydrogens is 268 g/mol. The lowest BCUT2D eigenvalue weighted by atomic mass is 10.1. The molecular formula is C16H20N2O3. The number of anilines is 1. The molecule has 0 atom stereocenters. The Hall–Kier alpha value is -2.14. The number of ether oxygens (including phenoxy) is 1. The number of aromatic nitrogens is 1. The van der Waals surface area contributed by atoms with Crippen molar-refractivity contribution in [3.8, 4) is 0 Å². The first-order valence-corrected chi connectivity index (χ1v) is 7.17. The molecule has 0 unspecified atom stereocenters. The first kappa shape index (κ1) is 15.3. The number of hydrogen-bond donors (Lipinski definition) is 2. The van der Waals surface area contributed by atoms with Gasteiger partial charge in [-0.05, 0) is 25.0 Å². The van der Waals surface area contributed by atoms with Gasteiger partial charge in [-0.3, -0.25) is 0 Å². The van der Waals surface area contributed by atoms with Gasteiger partial charge in [-0.1, -0.05) is 25.1 Å². The van der Waals surface area contributed by atoms with E-state index in [1.807, 2.05) is 18.2 Å². The van der Waals surface area contributed by atoms with Crippen molar-refractivity contribution < 1.29 is 14.6 Å². The second-order valence-electron chi connectivity index (χ2n) is 4.77. The van der Waals surface area contributed by atoms with Crippen molar-refractivity contribution in [2.45, 2.75) is 19.8 Å². The number of nitrogens with one attached hydrogen (secondary N) is 1. The number of benzene rings is 1. The number of para-hydroxylation sites is 1. The summed E-state index contributed by atoms with van der Waals surface area (Å²) in [4.78, 5) is 15.8. The van der Waals surface area contributed by atoms with Crippen LogP contribution in [0.25, 0.3) is 10.9 Å². The van der Waals surface area contributed by atoms with Crippen LogP contribution in [-0.4, -0.2) is 35.8 Å². The summed E-state index contributed by atoms with van der Waals surface area (Å²) in [5.41, 5.74) is 0.951. The number of hydrogen-bond acceptors (Lipinski definition) is 4. The van der Waals surface area contributed by atoms with Crippen LogP contribution in [0.2, 0.25) is 0 Å². The van der Waals surface area contributed by atoms with E-state index in [2.05, 4.69) is 17.2 Å². The fraction of sp³-hybridized carbons (Fsp3) is 0.375. The third-order valence-electron chi connectivity index (χ3n) is 3.07. The summed E-state index contributed by atoms with van der Waals surface area (Å²) in [6.07, 6.45) is 1.87. The highest BCUT2D eigenvalue weighted by molar-refractivity contribution is 6.03. The maximum Gasteiger partial charge on any atom is 0.336 e. The van der Waals surface area contributed by atoms with E-state index in [1.54, 1.807) is 12.1 Å². The van der Waals surface area contributed by atoms with E-state index in [1.165, 1.54) is 0 Å². The molecule has 0 aliphatic rings. The van der Waals surface area contributed by atoms with Crippen LogP contribution in [0.3, 0.4) is 0 Å². The maximum absolute atomic E-state index is 11.3. The van der Waals surface area contributed by atoms with Gasteiger partial charge in [0.25, 0.3) is 0 Å². The van der Waals surface area contributed by atoms with E-state index >= 15 is 0 Å². The summed E-state index contributed by atoms with van der Waals surface area (Å²) in [6.45, 7) is 4.25. The largest absolute Gasteiger partial charge is 0.478 e. The number of carboxylic acid groups (broad SMARTS) is 1. The lowest BCUT2D eigenvalue weighted by Gasteiger charge is -2.09. The van der Waals surface area contributed by atoms with Crippen molar-refractivity contribution in [3.63, 3.8) is 0 Å². The van der Waals surface area contributed by atoms with Crippen LogP contribution in [-0.2, 0) is 4.74 Å². The Morgan fingerprint density at radius 2 is 2.14 bits per heavy atom. The van der Waals surface area contributed by atoms with Gasteiger partial charge >= 0.3 is 5.97 Å². The number of nitrogens with zero attached hydrogens (tertiary/aromatic N) is 1. The highest BCUT2D eigenvalue weighted by Gasteiger charge is 2.11. The molecule has 0 aliphatic carbocycles. The molecule has 2 N–H and O–H groups in total. The van der Waals surface area contributed by atoms with E-state index in [0.29, 0.717) is 29.9 Å². The van der Waals surface area contributed by atoms with Gasteiger partial charge in [-0.25, -0.2) is 9.78 Å². The summed E-state index contributed by atoms with van der Waals surface area (Å²) < 4.78 is 5.40. The molecule has 0 saturated heterocycles. The molecule has 0 amide bonds. The minimum absolute atomic E-state index is 0.269. The number of carbonyl (C=O) groups is 1. The van der Waals surface area contributed by atoms with Crippen molar-refractivity contribution in [2.24, 2.45) is 0 Å². The fourth-order valence-corrected chi connectivity index (χ4v) is 2.08. The summed E-state index contributed by atoms with van der Waals surface area (Å²) in [6, 6.07) is 8.83. The van der Waals surface area contributed by atoms with E-state index in [-0.39, 0.29) is 5.56 Å². The molecule has 0 bridgehead atoms. The molecule has 2 aromatic rings.